The molecule has 0 bridgehead atoms. The second-order valence-electron chi connectivity index (χ2n) is 8.22. The molecule has 0 saturated carbocycles. The fourth-order valence-electron chi connectivity index (χ4n) is 4.27. The number of hydrogen-bond acceptors (Lipinski definition) is 3. The summed E-state index contributed by atoms with van der Waals surface area (Å²) in [5.74, 6) is 2.38. The number of rotatable bonds is 9. The number of fused-ring (bicyclic) bond motifs is 1. The minimum absolute atomic E-state index is 0.166. The van der Waals surface area contributed by atoms with Crippen LogP contribution in [0.5, 0.6) is 5.75 Å². The Bertz CT molecular complexity index is 1010. The first kappa shape index (κ1) is 20.5. The van der Waals surface area contributed by atoms with Gasteiger partial charge < -0.3 is 14.2 Å². The Morgan fingerprint density at radius 2 is 1.97 bits per heavy atom. The van der Waals surface area contributed by atoms with Crippen molar-refractivity contribution in [2.45, 2.75) is 52.0 Å². The lowest BCUT2D eigenvalue weighted by atomic mass is 10.1. The zero-order chi connectivity index (χ0) is 20.9. The van der Waals surface area contributed by atoms with E-state index in [0.29, 0.717) is 13.0 Å². The van der Waals surface area contributed by atoms with E-state index in [4.69, 9.17) is 9.72 Å². The van der Waals surface area contributed by atoms with Gasteiger partial charge in [0.1, 0.15) is 11.6 Å². The molecular weight excluding hydrogens is 374 g/mol. The number of amides is 1. The summed E-state index contributed by atoms with van der Waals surface area (Å²) in [6.45, 7) is 7.36. The molecule has 1 amide bonds. The van der Waals surface area contributed by atoms with Crippen LogP contribution in [-0.2, 0) is 11.3 Å². The summed E-state index contributed by atoms with van der Waals surface area (Å²) in [5, 5.41) is 0. The number of ether oxygens (including phenoxy) is 1. The van der Waals surface area contributed by atoms with Gasteiger partial charge in [-0.05, 0) is 49.6 Å². The van der Waals surface area contributed by atoms with Crippen LogP contribution in [0.3, 0.4) is 0 Å². The molecule has 0 spiro atoms. The van der Waals surface area contributed by atoms with Crippen molar-refractivity contribution >= 4 is 16.9 Å². The lowest BCUT2D eigenvalue weighted by Gasteiger charge is -2.17. The highest BCUT2D eigenvalue weighted by molar-refractivity contribution is 5.80. The molecule has 5 heteroatoms. The van der Waals surface area contributed by atoms with Crippen LogP contribution in [-0.4, -0.2) is 40.1 Å². The Morgan fingerprint density at radius 3 is 2.80 bits per heavy atom. The summed E-state index contributed by atoms with van der Waals surface area (Å²) in [4.78, 5) is 19.5. The van der Waals surface area contributed by atoms with Crippen molar-refractivity contribution in [1.29, 1.82) is 0 Å². The second-order valence-corrected chi connectivity index (χ2v) is 8.22. The molecule has 1 unspecified atom stereocenters. The van der Waals surface area contributed by atoms with E-state index in [9.17, 15) is 4.79 Å². The molecule has 158 valence electrons. The molecule has 5 nitrogen and oxygen atoms in total. The van der Waals surface area contributed by atoms with Gasteiger partial charge in [0.25, 0.3) is 0 Å². The fraction of sp³-hybridized carbons (Fsp3) is 0.440. The Balaban J connectivity index is 1.47. The quantitative estimate of drug-likeness (QED) is 0.474. The van der Waals surface area contributed by atoms with Crippen molar-refractivity contribution in [2.75, 3.05) is 19.7 Å². The zero-order valence-electron chi connectivity index (χ0n) is 18.0. The fourth-order valence-corrected chi connectivity index (χ4v) is 4.27. The molecule has 1 aliphatic heterocycles. The van der Waals surface area contributed by atoms with Gasteiger partial charge in [-0.15, -0.1) is 0 Å². The van der Waals surface area contributed by atoms with Crippen molar-refractivity contribution in [3.8, 4) is 5.75 Å². The van der Waals surface area contributed by atoms with Crippen molar-refractivity contribution in [2.24, 2.45) is 0 Å². The molecule has 0 N–H and O–H groups in total. The van der Waals surface area contributed by atoms with Crippen LogP contribution in [0.25, 0.3) is 11.0 Å². The van der Waals surface area contributed by atoms with Crippen LogP contribution in [0.15, 0.2) is 48.5 Å². The molecule has 3 aromatic rings. The van der Waals surface area contributed by atoms with Crippen molar-refractivity contribution in [3.63, 3.8) is 0 Å². The van der Waals surface area contributed by atoms with Gasteiger partial charge in [0.05, 0.1) is 17.6 Å². The number of aryl methyl sites for hydroxylation is 2. The predicted octanol–water partition coefficient (Wildman–Crippen LogP) is 4.93. The van der Waals surface area contributed by atoms with E-state index in [1.807, 2.05) is 23.1 Å². The molecular formula is C25H31N3O2. The van der Waals surface area contributed by atoms with E-state index in [1.165, 1.54) is 5.56 Å². The van der Waals surface area contributed by atoms with Crippen molar-refractivity contribution in [1.82, 2.24) is 14.5 Å². The SMILES string of the molecule is CCCCN1CC(c2nc3ccccc3n2CCCOc2cccc(C)c2)CC1=O. The third-order valence-electron chi connectivity index (χ3n) is 5.83. The summed E-state index contributed by atoms with van der Waals surface area (Å²) in [7, 11) is 0. The van der Waals surface area contributed by atoms with Gasteiger partial charge in [0.15, 0.2) is 0 Å². The van der Waals surface area contributed by atoms with Gasteiger partial charge >= 0.3 is 0 Å². The number of carbonyl (C=O) groups excluding carboxylic acids is 1. The van der Waals surface area contributed by atoms with Crippen molar-refractivity contribution in [3.05, 3.63) is 59.9 Å². The number of nitrogens with zero attached hydrogens (tertiary/aromatic N) is 3. The standard InChI is InChI=1S/C25H31N3O2/c1-3-4-13-27-18-20(17-24(27)29)25-26-22-11-5-6-12-23(22)28(25)14-8-15-30-21-10-7-9-19(2)16-21/h5-7,9-12,16,20H,3-4,8,13-15,17-18H2,1-2H3. The first-order valence-electron chi connectivity index (χ1n) is 11.1. The van der Waals surface area contributed by atoms with Gasteiger partial charge in [-0.25, -0.2) is 4.98 Å². The number of para-hydroxylation sites is 2. The zero-order valence-corrected chi connectivity index (χ0v) is 18.0. The van der Waals surface area contributed by atoms with Gasteiger partial charge in [-0.2, -0.15) is 0 Å². The van der Waals surface area contributed by atoms with Gasteiger partial charge in [0.2, 0.25) is 5.91 Å². The van der Waals surface area contributed by atoms with Gasteiger partial charge in [-0.1, -0.05) is 37.6 Å². The maximum Gasteiger partial charge on any atom is 0.223 e. The Hall–Kier alpha value is -2.82. The number of imidazole rings is 1. The highest BCUT2D eigenvalue weighted by atomic mass is 16.5. The number of unbranched alkanes of at least 4 members (excludes halogenated alkanes) is 1. The average molecular weight is 406 g/mol. The van der Waals surface area contributed by atoms with Crippen LogP contribution in [0.2, 0.25) is 0 Å². The van der Waals surface area contributed by atoms with E-state index in [0.717, 1.165) is 61.5 Å². The van der Waals surface area contributed by atoms with Crippen LogP contribution in [0.4, 0.5) is 0 Å². The van der Waals surface area contributed by atoms with Crippen molar-refractivity contribution < 1.29 is 9.53 Å². The first-order chi connectivity index (χ1) is 14.7. The summed E-state index contributed by atoms with van der Waals surface area (Å²) >= 11 is 0. The summed E-state index contributed by atoms with van der Waals surface area (Å²) in [6, 6.07) is 16.4. The monoisotopic (exact) mass is 405 g/mol. The Morgan fingerprint density at radius 1 is 1.10 bits per heavy atom. The maximum atomic E-state index is 12.5. The summed E-state index contributed by atoms with van der Waals surface area (Å²) in [6.07, 6.45) is 3.62. The Labute approximate surface area is 178 Å². The highest BCUT2D eigenvalue weighted by Gasteiger charge is 2.33. The number of aromatic nitrogens is 2. The van der Waals surface area contributed by atoms with Crippen LogP contribution in [0, 0.1) is 6.92 Å². The Kier molecular flexibility index (Phi) is 6.36. The van der Waals surface area contributed by atoms with E-state index >= 15 is 0 Å². The first-order valence-corrected chi connectivity index (χ1v) is 11.1. The molecule has 1 atom stereocenters. The molecule has 2 heterocycles. The molecule has 1 saturated heterocycles. The maximum absolute atomic E-state index is 12.5. The molecule has 1 aromatic heterocycles. The number of hydrogen-bond donors (Lipinski definition) is 0. The number of carbonyl (C=O) groups is 1. The topological polar surface area (TPSA) is 47.4 Å². The highest BCUT2D eigenvalue weighted by Crippen LogP contribution is 2.30. The summed E-state index contributed by atoms with van der Waals surface area (Å²) in [5.41, 5.74) is 3.35. The van der Waals surface area contributed by atoms with E-state index in [2.05, 4.69) is 48.7 Å². The van der Waals surface area contributed by atoms with Gasteiger partial charge in [-0.3, -0.25) is 4.79 Å². The summed E-state index contributed by atoms with van der Waals surface area (Å²) < 4.78 is 8.25. The minimum Gasteiger partial charge on any atom is -0.494 e. The normalized spacial score (nSPS) is 16.5. The predicted molar refractivity (Wildman–Crippen MR) is 120 cm³/mol. The molecule has 0 aliphatic carbocycles. The van der Waals surface area contributed by atoms with Crippen LogP contribution < -0.4 is 4.74 Å². The van der Waals surface area contributed by atoms with Crippen LogP contribution in [0.1, 0.15) is 49.9 Å². The molecule has 1 fully saturated rings. The molecule has 1 aliphatic rings. The molecule has 4 rings (SSSR count). The largest absolute Gasteiger partial charge is 0.494 e. The van der Waals surface area contributed by atoms with E-state index < -0.39 is 0 Å². The third kappa shape index (κ3) is 4.50. The lowest BCUT2D eigenvalue weighted by Crippen LogP contribution is -2.26. The second kappa shape index (κ2) is 9.33. The van der Waals surface area contributed by atoms with Crippen LogP contribution >= 0.6 is 0 Å². The molecule has 30 heavy (non-hydrogen) atoms. The van der Waals surface area contributed by atoms with E-state index in [1.54, 1.807) is 0 Å². The smallest absolute Gasteiger partial charge is 0.223 e. The lowest BCUT2D eigenvalue weighted by molar-refractivity contribution is -0.127. The van der Waals surface area contributed by atoms with Gasteiger partial charge in [0, 0.05) is 32.0 Å². The minimum atomic E-state index is 0.166. The molecule has 0 radical (unpaired) electrons. The average Bonchev–Trinajstić information content (AvgIpc) is 3.30. The molecule has 2 aromatic carbocycles. The third-order valence-corrected chi connectivity index (χ3v) is 5.83. The number of benzene rings is 2. The number of likely N-dealkylation sites (tertiary alicyclic amines) is 1. The van der Waals surface area contributed by atoms with E-state index in [-0.39, 0.29) is 11.8 Å².